The van der Waals surface area contributed by atoms with Gasteiger partial charge in [0.2, 0.25) is 5.78 Å². The van der Waals surface area contributed by atoms with E-state index >= 15 is 0 Å². The fourth-order valence-corrected chi connectivity index (χ4v) is 4.38. The molecule has 2 aliphatic heterocycles. The van der Waals surface area contributed by atoms with E-state index in [1.807, 2.05) is 13.0 Å². The molecule has 6 heteroatoms. The standard InChI is InChI=1S/C27H23ClO5/c1-15-4-5-16(2)19(6-15)13-31-22-7-17(3)25-23(11-22)33-24(26(25)29)10-18-8-21(28)9-20-12-30-14-32-27(18)20/h4-11H,12-14H2,1-3H3/b24-10-. The van der Waals surface area contributed by atoms with Crippen LogP contribution in [0.2, 0.25) is 5.02 Å². The van der Waals surface area contributed by atoms with E-state index in [0.29, 0.717) is 46.6 Å². The van der Waals surface area contributed by atoms with Gasteiger partial charge >= 0.3 is 0 Å². The summed E-state index contributed by atoms with van der Waals surface area (Å²) in [6.07, 6.45) is 1.68. The van der Waals surface area contributed by atoms with E-state index in [0.717, 1.165) is 16.7 Å². The second kappa shape index (κ2) is 8.58. The van der Waals surface area contributed by atoms with Crippen molar-refractivity contribution in [1.82, 2.24) is 0 Å². The van der Waals surface area contributed by atoms with Crippen LogP contribution in [0.3, 0.4) is 0 Å². The van der Waals surface area contributed by atoms with Gasteiger partial charge in [0, 0.05) is 22.2 Å². The summed E-state index contributed by atoms with van der Waals surface area (Å²) < 4.78 is 23.0. The van der Waals surface area contributed by atoms with Crippen molar-refractivity contribution in [3.05, 3.63) is 92.2 Å². The largest absolute Gasteiger partial charge is 0.489 e. The van der Waals surface area contributed by atoms with Crippen molar-refractivity contribution in [2.45, 2.75) is 34.0 Å². The molecule has 0 atom stereocenters. The normalized spacial score (nSPS) is 15.6. The van der Waals surface area contributed by atoms with Gasteiger partial charge in [-0.05, 0) is 61.7 Å². The summed E-state index contributed by atoms with van der Waals surface area (Å²) in [5.74, 6) is 1.84. The lowest BCUT2D eigenvalue weighted by Crippen LogP contribution is -2.12. The highest BCUT2D eigenvalue weighted by Gasteiger charge is 2.31. The zero-order valence-corrected chi connectivity index (χ0v) is 19.4. The van der Waals surface area contributed by atoms with E-state index in [9.17, 15) is 4.79 Å². The Labute approximate surface area is 197 Å². The number of benzene rings is 3. The molecular formula is C27H23ClO5. The van der Waals surface area contributed by atoms with Gasteiger partial charge in [0.1, 0.15) is 23.9 Å². The highest BCUT2D eigenvalue weighted by Crippen LogP contribution is 2.39. The van der Waals surface area contributed by atoms with Gasteiger partial charge in [0.05, 0.1) is 12.2 Å². The number of ketones is 1. The average molecular weight is 463 g/mol. The van der Waals surface area contributed by atoms with Gasteiger partial charge < -0.3 is 18.9 Å². The molecule has 5 rings (SSSR count). The van der Waals surface area contributed by atoms with Crippen LogP contribution in [0.25, 0.3) is 6.08 Å². The van der Waals surface area contributed by atoms with Crippen LogP contribution in [0.4, 0.5) is 0 Å². The number of halogens is 1. The van der Waals surface area contributed by atoms with E-state index in [4.69, 9.17) is 30.5 Å². The number of hydrogen-bond acceptors (Lipinski definition) is 5. The predicted molar refractivity (Wildman–Crippen MR) is 126 cm³/mol. The minimum atomic E-state index is -0.177. The Morgan fingerprint density at radius 3 is 2.76 bits per heavy atom. The molecule has 0 bridgehead atoms. The highest BCUT2D eigenvalue weighted by molar-refractivity contribution is 6.31. The molecule has 33 heavy (non-hydrogen) atoms. The number of allylic oxidation sites excluding steroid dienone is 1. The number of ether oxygens (including phenoxy) is 4. The third kappa shape index (κ3) is 4.22. The quantitative estimate of drug-likeness (QED) is 0.424. The Kier molecular flexibility index (Phi) is 5.60. The third-order valence-electron chi connectivity index (χ3n) is 5.83. The van der Waals surface area contributed by atoms with Crippen molar-refractivity contribution < 1.29 is 23.7 Å². The Balaban J connectivity index is 1.43. The van der Waals surface area contributed by atoms with Crippen LogP contribution < -0.4 is 14.2 Å². The van der Waals surface area contributed by atoms with Gasteiger partial charge in [-0.3, -0.25) is 4.79 Å². The minimum absolute atomic E-state index is 0.153. The molecule has 0 unspecified atom stereocenters. The molecule has 0 saturated carbocycles. The predicted octanol–water partition coefficient (Wildman–Crippen LogP) is 6.33. The maximum Gasteiger partial charge on any atom is 0.232 e. The van der Waals surface area contributed by atoms with Crippen molar-refractivity contribution in [1.29, 1.82) is 0 Å². The van der Waals surface area contributed by atoms with E-state index in [2.05, 4.69) is 32.0 Å². The van der Waals surface area contributed by atoms with Crippen LogP contribution in [-0.2, 0) is 18.0 Å². The smallest absolute Gasteiger partial charge is 0.232 e. The third-order valence-corrected chi connectivity index (χ3v) is 6.05. The van der Waals surface area contributed by atoms with Gasteiger partial charge in [-0.1, -0.05) is 35.4 Å². The Hall–Kier alpha value is -3.28. The summed E-state index contributed by atoms with van der Waals surface area (Å²) in [5.41, 5.74) is 6.35. The van der Waals surface area contributed by atoms with Crippen LogP contribution in [0.15, 0.2) is 48.2 Å². The van der Waals surface area contributed by atoms with Gasteiger partial charge in [-0.25, -0.2) is 0 Å². The minimum Gasteiger partial charge on any atom is -0.489 e. The molecule has 3 aromatic rings. The molecule has 168 valence electrons. The Morgan fingerprint density at radius 1 is 1.06 bits per heavy atom. The highest BCUT2D eigenvalue weighted by atomic mass is 35.5. The molecule has 0 N–H and O–H groups in total. The number of aryl methyl sites for hydroxylation is 3. The molecule has 3 aromatic carbocycles. The number of carbonyl (C=O) groups excluding carboxylic acids is 1. The maximum atomic E-state index is 13.1. The fourth-order valence-electron chi connectivity index (χ4n) is 4.13. The molecule has 0 radical (unpaired) electrons. The van der Waals surface area contributed by atoms with Gasteiger partial charge in [0.25, 0.3) is 0 Å². The summed E-state index contributed by atoms with van der Waals surface area (Å²) in [6, 6.07) is 13.5. The number of Topliss-reactive ketones (excluding diaryl/α,β-unsaturated/α-hetero) is 1. The first kappa shape index (κ1) is 21.6. The maximum absolute atomic E-state index is 13.1. The topological polar surface area (TPSA) is 54.0 Å². The van der Waals surface area contributed by atoms with Gasteiger partial charge in [-0.2, -0.15) is 0 Å². The van der Waals surface area contributed by atoms with Crippen molar-refractivity contribution in [3.63, 3.8) is 0 Å². The van der Waals surface area contributed by atoms with Crippen molar-refractivity contribution in [2.24, 2.45) is 0 Å². The summed E-state index contributed by atoms with van der Waals surface area (Å²) in [5, 5.41) is 0.538. The lowest BCUT2D eigenvalue weighted by molar-refractivity contribution is -0.0165. The SMILES string of the molecule is Cc1ccc(C)c(COc2cc(C)c3c(c2)O/C(=C\c2cc(Cl)cc4c2OCOC4)C3=O)c1. The summed E-state index contributed by atoms with van der Waals surface area (Å²) in [7, 11) is 0. The second-order valence-electron chi connectivity index (χ2n) is 8.37. The number of fused-ring (bicyclic) bond motifs is 2. The first-order chi connectivity index (χ1) is 15.9. The molecular weight excluding hydrogens is 440 g/mol. The zero-order chi connectivity index (χ0) is 23.1. The van der Waals surface area contributed by atoms with Crippen molar-refractivity contribution in [2.75, 3.05) is 6.79 Å². The van der Waals surface area contributed by atoms with E-state index in [-0.39, 0.29) is 18.3 Å². The average Bonchev–Trinajstić information content (AvgIpc) is 3.09. The fraction of sp³-hybridized carbons (Fsp3) is 0.222. The summed E-state index contributed by atoms with van der Waals surface area (Å²) in [4.78, 5) is 13.1. The first-order valence-corrected chi connectivity index (χ1v) is 11.1. The van der Waals surface area contributed by atoms with Crippen LogP contribution in [-0.4, -0.2) is 12.6 Å². The molecule has 0 spiro atoms. The monoisotopic (exact) mass is 462 g/mol. The van der Waals surface area contributed by atoms with Crippen LogP contribution >= 0.6 is 11.6 Å². The van der Waals surface area contributed by atoms with E-state index in [1.54, 1.807) is 24.3 Å². The molecule has 0 amide bonds. The van der Waals surface area contributed by atoms with E-state index in [1.165, 1.54) is 11.1 Å². The molecule has 0 fully saturated rings. The molecule has 0 aliphatic carbocycles. The zero-order valence-electron chi connectivity index (χ0n) is 18.7. The van der Waals surface area contributed by atoms with E-state index < -0.39 is 0 Å². The summed E-state index contributed by atoms with van der Waals surface area (Å²) >= 11 is 6.26. The summed E-state index contributed by atoms with van der Waals surface area (Å²) in [6.45, 7) is 7.01. The lowest BCUT2D eigenvalue weighted by Gasteiger charge is -2.20. The Morgan fingerprint density at radius 2 is 1.91 bits per heavy atom. The lowest BCUT2D eigenvalue weighted by atomic mass is 10.0. The molecule has 0 aromatic heterocycles. The number of hydrogen-bond donors (Lipinski definition) is 0. The molecule has 5 nitrogen and oxygen atoms in total. The van der Waals surface area contributed by atoms with Crippen LogP contribution in [0, 0.1) is 20.8 Å². The number of carbonyl (C=O) groups is 1. The van der Waals surface area contributed by atoms with Gasteiger partial charge in [-0.15, -0.1) is 0 Å². The molecule has 0 saturated heterocycles. The van der Waals surface area contributed by atoms with Crippen LogP contribution in [0.5, 0.6) is 17.2 Å². The van der Waals surface area contributed by atoms with Crippen LogP contribution in [0.1, 0.15) is 43.7 Å². The van der Waals surface area contributed by atoms with Gasteiger partial charge in [0.15, 0.2) is 12.6 Å². The number of rotatable bonds is 4. The molecule has 2 heterocycles. The second-order valence-corrected chi connectivity index (χ2v) is 8.80. The Bertz CT molecular complexity index is 1310. The first-order valence-electron chi connectivity index (χ1n) is 10.7. The molecule has 2 aliphatic rings. The van der Waals surface area contributed by atoms with Crippen molar-refractivity contribution >= 4 is 23.5 Å². The van der Waals surface area contributed by atoms with Crippen molar-refractivity contribution in [3.8, 4) is 17.2 Å².